The molecular formula is C13H15BrClN5. The number of aromatic nitrogens is 3. The third-order valence-electron chi connectivity index (χ3n) is 2.76. The third-order valence-corrected chi connectivity index (χ3v) is 3.62. The van der Waals surface area contributed by atoms with Gasteiger partial charge >= 0.3 is 0 Å². The Morgan fingerprint density at radius 2 is 1.85 bits per heavy atom. The summed E-state index contributed by atoms with van der Waals surface area (Å²) in [5.41, 5.74) is 0.875. The van der Waals surface area contributed by atoms with E-state index in [1.54, 1.807) is 0 Å². The predicted octanol–water partition coefficient (Wildman–Crippen LogP) is 3.88. The average molecular weight is 357 g/mol. The van der Waals surface area contributed by atoms with Gasteiger partial charge < -0.3 is 10.2 Å². The van der Waals surface area contributed by atoms with Crippen molar-refractivity contribution >= 4 is 45.1 Å². The first-order valence-corrected chi connectivity index (χ1v) is 7.49. The summed E-state index contributed by atoms with van der Waals surface area (Å²) in [5, 5.41) is 3.31. The van der Waals surface area contributed by atoms with Crippen molar-refractivity contribution in [2.75, 3.05) is 23.3 Å². The van der Waals surface area contributed by atoms with E-state index in [1.807, 2.05) is 43.0 Å². The number of nitrogens with one attached hydrogen (secondary N) is 1. The van der Waals surface area contributed by atoms with E-state index in [2.05, 4.69) is 36.2 Å². The maximum absolute atomic E-state index is 5.97. The summed E-state index contributed by atoms with van der Waals surface area (Å²) in [6, 6.07) is 7.74. The molecule has 1 aromatic heterocycles. The number of anilines is 3. The monoisotopic (exact) mass is 355 g/mol. The minimum atomic E-state index is 0.177. The number of halogens is 2. The summed E-state index contributed by atoms with van der Waals surface area (Å²) in [6.45, 7) is 5.71. The fourth-order valence-electron chi connectivity index (χ4n) is 1.73. The normalized spacial score (nSPS) is 10.4. The molecule has 1 heterocycles. The molecule has 20 heavy (non-hydrogen) atoms. The van der Waals surface area contributed by atoms with E-state index in [4.69, 9.17) is 11.6 Å². The van der Waals surface area contributed by atoms with Crippen LogP contribution in [0.1, 0.15) is 13.8 Å². The van der Waals surface area contributed by atoms with Gasteiger partial charge in [-0.25, -0.2) is 0 Å². The number of nitrogens with zero attached hydrogens (tertiary/aromatic N) is 4. The molecule has 0 amide bonds. The van der Waals surface area contributed by atoms with Crippen LogP contribution in [-0.4, -0.2) is 28.0 Å². The van der Waals surface area contributed by atoms with Gasteiger partial charge in [0.15, 0.2) is 0 Å². The van der Waals surface area contributed by atoms with E-state index in [1.165, 1.54) is 0 Å². The summed E-state index contributed by atoms with van der Waals surface area (Å²) < 4.78 is 0.931. The van der Waals surface area contributed by atoms with E-state index in [0.717, 1.165) is 23.2 Å². The Balaban J connectivity index is 2.31. The lowest BCUT2D eigenvalue weighted by Gasteiger charge is -2.19. The highest BCUT2D eigenvalue weighted by molar-refractivity contribution is 9.10. The second kappa shape index (κ2) is 6.85. The molecule has 0 radical (unpaired) electrons. The van der Waals surface area contributed by atoms with E-state index < -0.39 is 0 Å². The largest absolute Gasteiger partial charge is 0.341 e. The highest BCUT2D eigenvalue weighted by atomic mass is 79.9. The summed E-state index contributed by atoms with van der Waals surface area (Å²) in [5.74, 6) is 1.00. The van der Waals surface area contributed by atoms with Crippen molar-refractivity contribution in [3.8, 4) is 0 Å². The molecule has 0 aliphatic heterocycles. The quantitative estimate of drug-likeness (QED) is 0.881. The lowest BCUT2D eigenvalue weighted by atomic mass is 10.3. The number of hydrogen-bond donors (Lipinski definition) is 1. The van der Waals surface area contributed by atoms with Crippen molar-refractivity contribution in [3.63, 3.8) is 0 Å². The Morgan fingerprint density at radius 3 is 2.50 bits per heavy atom. The lowest BCUT2D eigenvalue weighted by molar-refractivity contribution is 0.814. The summed E-state index contributed by atoms with van der Waals surface area (Å²) in [7, 11) is 0. The Morgan fingerprint density at radius 1 is 1.15 bits per heavy atom. The zero-order chi connectivity index (χ0) is 14.5. The molecule has 0 bridgehead atoms. The first-order chi connectivity index (χ1) is 9.63. The van der Waals surface area contributed by atoms with Crippen LogP contribution in [-0.2, 0) is 0 Å². The molecule has 0 unspecified atom stereocenters. The molecule has 5 nitrogen and oxygen atoms in total. The lowest BCUT2D eigenvalue weighted by Crippen LogP contribution is -2.24. The highest BCUT2D eigenvalue weighted by Crippen LogP contribution is 2.24. The second-order valence-electron chi connectivity index (χ2n) is 4.01. The van der Waals surface area contributed by atoms with Crippen molar-refractivity contribution in [1.82, 2.24) is 15.0 Å². The maximum Gasteiger partial charge on any atom is 0.233 e. The predicted molar refractivity (Wildman–Crippen MR) is 85.8 cm³/mol. The van der Waals surface area contributed by atoms with Crippen LogP contribution >= 0.6 is 27.5 Å². The first-order valence-electron chi connectivity index (χ1n) is 6.32. The van der Waals surface area contributed by atoms with Crippen LogP contribution in [0.4, 0.5) is 17.6 Å². The molecule has 7 heteroatoms. The molecule has 0 saturated heterocycles. The van der Waals surface area contributed by atoms with E-state index in [0.29, 0.717) is 11.9 Å². The molecule has 0 spiro atoms. The smallest absolute Gasteiger partial charge is 0.233 e. The van der Waals surface area contributed by atoms with Crippen LogP contribution in [0.2, 0.25) is 5.28 Å². The number of benzene rings is 1. The second-order valence-corrected chi connectivity index (χ2v) is 5.20. The van der Waals surface area contributed by atoms with Gasteiger partial charge in [0, 0.05) is 17.6 Å². The molecule has 2 rings (SSSR count). The van der Waals surface area contributed by atoms with E-state index in [9.17, 15) is 0 Å². The molecule has 2 aromatic rings. The summed E-state index contributed by atoms with van der Waals surface area (Å²) >= 11 is 9.44. The van der Waals surface area contributed by atoms with Crippen molar-refractivity contribution in [1.29, 1.82) is 0 Å². The highest BCUT2D eigenvalue weighted by Gasteiger charge is 2.10. The Bertz CT molecular complexity index is 589. The first kappa shape index (κ1) is 15.0. The Kier molecular flexibility index (Phi) is 5.14. The molecule has 0 aliphatic carbocycles. The van der Waals surface area contributed by atoms with Crippen molar-refractivity contribution in [2.24, 2.45) is 0 Å². The molecule has 0 aliphatic rings. The molecule has 0 atom stereocenters. The Labute approximate surface area is 131 Å². The molecule has 0 fully saturated rings. The van der Waals surface area contributed by atoms with Crippen LogP contribution in [0.5, 0.6) is 0 Å². The van der Waals surface area contributed by atoms with Gasteiger partial charge in [-0.15, -0.1) is 0 Å². The van der Waals surface area contributed by atoms with Crippen molar-refractivity contribution in [2.45, 2.75) is 13.8 Å². The minimum Gasteiger partial charge on any atom is -0.341 e. The van der Waals surface area contributed by atoms with Gasteiger partial charge in [-0.05, 0) is 53.5 Å². The van der Waals surface area contributed by atoms with Crippen LogP contribution in [0.15, 0.2) is 28.7 Å². The minimum absolute atomic E-state index is 0.177. The van der Waals surface area contributed by atoms with Crippen LogP contribution in [0.25, 0.3) is 0 Å². The number of hydrogen-bond acceptors (Lipinski definition) is 5. The summed E-state index contributed by atoms with van der Waals surface area (Å²) in [4.78, 5) is 14.7. The molecule has 1 N–H and O–H groups in total. The number of rotatable bonds is 5. The van der Waals surface area contributed by atoms with Gasteiger partial charge in [0.1, 0.15) is 0 Å². The third kappa shape index (κ3) is 3.58. The molecule has 0 saturated carbocycles. The fraction of sp³-hybridized carbons (Fsp3) is 0.308. The topological polar surface area (TPSA) is 53.9 Å². The molecular weight excluding hydrogens is 342 g/mol. The average Bonchev–Trinajstić information content (AvgIpc) is 2.42. The summed E-state index contributed by atoms with van der Waals surface area (Å²) in [6.07, 6.45) is 0. The van der Waals surface area contributed by atoms with Gasteiger partial charge in [-0.3, -0.25) is 0 Å². The zero-order valence-corrected chi connectivity index (χ0v) is 13.6. The van der Waals surface area contributed by atoms with Crippen LogP contribution in [0, 0.1) is 0 Å². The van der Waals surface area contributed by atoms with Gasteiger partial charge in [0.05, 0.1) is 5.69 Å². The zero-order valence-electron chi connectivity index (χ0n) is 11.3. The maximum atomic E-state index is 5.97. The van der Waals surface area contributed by atoms with Crippen molar-refractivity contribution in [3.05, 3.63) is 34.0 Å². The van der Waals surface area contributed by atoms with Gasteiger partial charge in [0.2, 0.25) is 17.2 Å². The van der Waals surface area contributed by atoms with Crippen molar-refractivity contribution < 1.29 is 0 Å². The van der Waals surface area contributed by atoms with Crippen LogP contribution < -0.4 is 10.2 Å². The molecule has 1 aromatic carbocycles. The van der Waals surface area contributed by atoms with E-state index >= 15 is 0 Å². The van der Waals surface area contributed by atoms with Crippen LogP contribution in [0.3, 0.4) is 0 Å². The molecule has 106 valence electrons. The number of para-hydroxylation sites is 1. The van der Waals surface area contributed by atoms with Gasteiger partial charge in [-0.1, -0.05) is 12.1 Å². The fourth-order valence-corrected chi connectivity index (χ4v) is 2.27. The Hall–Kier alpha value is -1.40. The SMILES string of the molecule is CCN(CC)c1nc(Cl)nc(Nc2ccccc2Br)n1. The van der Waals surface area contributed by atoms with Gasteiger partial charge in [0.25, 0.3) is 0 Å². The van der Waals surface area contributed by atoms with Gasteiger partial charge in [-0.2, -0.15) is 15.0 Å². The standard InChI is InChI=1S/C13H15BrClN5/c1-3-20(4-2)13-18-11(15)17-12(19-13)16-10-8-6-5-7-9(10)14/h5-8H,3-4H2,1-2H3,(H,16,17,18,19). The van der Waals surface area contributed by atoms with E-state index in [-0.39, 0.29) is 5.28 Å².